The highest BCUT2D eigenvalue weighted by Crippen LogP contribution is 2.22. The highest BCUT2D eigenvalue weighted by Gasteiger charge is 2.33. The van der Waals surface area contributed by atoms with Gasteiger partial charge in [0.2, 0.25) is 0 Å². The molecule has 0 aliphatic carbocycles. The fourth-order valence-corrected chi connectivity index (χ4v) is 1.78. The van der Waals surface area contributed by atoms with Gasteiger partial charge in [-0.25, -0.2) is 0 Å². The molecule has 0 unspecified atom stereocenters. The van der Waals surface area contributed by atoms with E-state index in [9.17, 15) is 5.11 Å². The van der Waals surface area contributed by atoms with E-state index in [1.165, 1.54) is 0 Å². The monoisotopic (exact) mass is 173 g/mol. The molecule has 72 valence electrons. The summed E-state index contributed by atoms with van der Waals surface area (Å²) < 4.78 is 5.58. The SMILES string of the molecule is C[C@@H]1O[C@H](C)[C@@H](N(C)C)C[C@H]1O. The van der Waals surface area contributed by atoms with E-state index in [0.29, 0.717) is 6.04 Å². The molecule has 4 atom stereocenters. The zero-order valence-electron chi connectivity index (χ0n) is 8.32. The number of likely N-dealkylation sites (N-methyl/N-ethyl adjacent to an activating group) is 1. The lowest BCUT2D eigenvalue weighted by Crippen LogP contribution is -2.50. The molecule has 1 saturated heterocycles. The van der Waals surface area contributed by atoms with Crippen LogP contribution in [0.2, 0.25) is 0 Å². The average molecular weight is 173 g/mol. The summed E-state index contributed by atoms with van der Waals surface area (Å²) in [4.78, 5) is 2.11. The van der Waals surface area contributed by atoms with Crippen LogP contribution in [0.15, 0.2) is 0 Å². The van der Waals surface area contributed by atoms with Crippen LogP contribution in [0.4, 0.5) is 0 Å². The van der Waals surface area contributed by atoms with Gasteiger partial charge in [-0.05, 0) is 34.4 Å². The van der Waals surface area contributed by atoms with Crippen molar-refractivity contribution in [2.45, 2.75) is 44.6 Å². The molecule has 0 radical (unpaired) electrons. The zero-order valence-corrected chi connectivity index (χ0v) is 8.32. The van der Waals surface area contributed by atoms with Crippen LogP contribution in [-0.4, -0.2) is 48.5 Å². The Bertz CT molecular complexity index is 149. The van der Waals surface area contributed by atoms with Crippen molar-refractivity contribution < 1.29 is 9.84 Å². The van der Waals surface area contributed by atoms with Gasteiger partial charge in [-0.1, -0.05) is 0 Å². The Kier molecular flexibility index (Phi) is 3.09. The molecule has 0 aromatic carbocycles. The summed E-state index contributed by atoms with van der Waals surface area (Å²) >= 11 is 0. The summed E-state index contributed by atoms with van der Waals surface area (Å²) in [6.45, 7) is 3.99. The lowest BCUT2D eigenvalue weighted by Gasteiger charge is -2.39. The first-order chi connectivity index (χ1) is 5.52. The standard InChI is InChI=1S/C9H19NO2/c1-6-8(10(3)4)5-9(11)7(2)12-6/h6-9,11H,5H2,1-4H3/t6-,7+,8+,9-/m1/s1. The molecule has 0 aromatic heterocycles. The summed E-state index contributed by atoms with van der Waals surface area (Å²) in [6, 6.07) is 0.344. The van der Waals surface area contributed by atoms with Gasteiger partial charge in [0, 0.05) is 6.04 Å². The number of aliphatic hydroxyl groups is 1. The molecule has 3 nitrogen and oxygen atoms in total. The number of rotatable bonds is 1. The smallest absolute Gasteiger partial charge is 0.0815 e. The van der Waals surface area contributed by atoms with Gasteiger partial charge >= 0.3 is 0 Å². The first-order valence-corrected chi connectivity index (χ1v) is 4.52. The summed E-state index contributed by atoms with van der Waals surface area (Å²) in [5, 5.41) is 9.56. The van der Waals surface area contributed by atoms with E-state index in [1.54, 1.807) is 0 Å². The number of ether oxygens (including phenoxy) is 1. The van der Waals surface area contributed by atoms with Gasteiger partial charge in [0.25, 0.3) is 0 Å². The number of aliphatic hydroxyl groups excluding tert-OH is 1. The fourth-order valence-electron chi connectivity index (χ4n) is 1.78. The van der Waals surface area contributed by atoms with Crippen molar-refractivity contribution >= 4 is 0 Å². The predicted molar refractivity (Wildman–Crippen MR) is 48.1 cm³/mol. The normalized spacial score (nSPS) is 43.5. The molecule has 0 bridgehead atoms. The molecule has 0 amide bonds. The quantitative estimate of drug-likeness (QED) is 0.626. The molecule has 1 heterocycles. The molecule has 1 N–H and O–H groups in total. The van der Waals surface area contributed by atoms with Gasteiger partial charge in [0.1, 0.15) is 0 Å². The van der Waals surface area contributed by atoms with Gasteiger partial charge in [0.15, 0.2) is 0 Å². The topological polar surface area (TPSA) is 32.7 Å². The highest BCUT2D eigenvalue weighted by molar-refractivity contribution is 4.85. The molecule has 3 heteroatoms. The molecule has 1 fully saturated rings. The molecule has 1 aliphatic rings. The Balaban J connectivity index is 2.55. The van der Waals surface area contributed by atoms with Crippen molar-refractivity contribution in [1.29, 1.82) is 0 Å². The summed E-state index contributed by atoms with van der Waals surface area (Å²) in [6.07, 6.45) is 0.707. The highest BCUT2D eigenvalue weighted by atomic mass is 16.5. The average Bonchev–Trinajstić information content (AvgIpc) is 1.96. The second-order valence-electron chi connectivity index (χ2n) is 3.88. The van der Waals surface area contributed by atoms with Crippen molar-refractivity contribution in [3.05, 3.63) is 0 Å². The van der Waals surface area contributed by atoms with Crippen LogP contribution in [0.5, 0.6) is 0 Å². The summed E-state index contributed by atoms with van der Waals surface area (Å²) in [7, 11) is 4.04. The predicted octanol–water partition coefficient (Wildman–Crippen LogP) is 0.475. The Morgan fingerprint density at radius 3 is 2.33 bits per heavy atom. The van der Waals surface area contributed by atoms with Crippen LogP contribution in [0.1, 0.15) is 20.3 Å². The molecule has 0 saturated carbocycles. The van der Waals surface area contributed by atoms with Gasteiger partial charge in [-0.3, -0.25) is 0 Å². The largest absolute Gasteiger partial charge is 0.390 e. The van der Waals surface area contributed by atoms with Gasteiger partial charge in [-0.2, -0.15) is 0 Å². The van der Waals surface area contributed by atoms with Crippen LogP contribution in [0, 0.1) is 0 Å². The van der Waals surface area contributed by atoms with E-state index >= 15 is 0 Å². The molecule has 1 aliphatic heterocycles. The van der Waals surface area contributed by atoms with E-state index < -0.39 is 0 Å². The zero-order chi connectivity index (χ0) is 9.30. The lowest BCUT2D eigenvalue weighted by molar-refractivity contribution is -0.133. The number of hydrogen-bond acceptors (Lipinski definition) is 3. The molecule has 0 spiro atoms. The van der Waals surface area contributed by atoms with E-state index in [1.807, 2.05) is 21.0 Å². The maximum absolute atomic E-state index is 9.56. The van der Waals surface area contributed by atoms with Crippen LogP contribution < -0.4 is 0 Å². The Morgan fingerprint density at radius 1 is 1.25 bits per heavy atom. The van der Waals surface area contributed by atoms with Gasteiger partial charge < -0.3 is 14.7 Å². The van der Waals surface area contributed by atoms with E-state index in [2.05, 4.69) is 11.8 Å². The van der Waals surface area contributed by atoms with E-state index in [4.69, 9.17) is 4.74 Å². The first-order valence-electron chi connectivity index (χ1n) is 4.52. The fraction of sp³-hybridized carbons (Fsp3) is 1.00. The molecular weight excluding hydrogens is 154 g/mol. The Hall–Kier alpha value is -0.120. The molecular formula is C9H19NO2. The third-order valence-corrected chi connectivity index (χ3v) is 2.66. The number of nitrogens with zero attached hydrogens (tertiary/aromatic N) is 1. The van der Waals surface area contributed by atoms with Crippen molar-refractivity contribution in [3.63, 3.8) is 0 Å². The van der Waals surface area contributed by atoms with Crippen molar-refractivity contribution in [2.24, 2.45) is 0 Å². The maximum Gasteiger partial charge on any atom is 0.0815 e. The Morgan fingerprint density at radius 2 is 1.83 bits per heavy atom. The van der Waals surface area contributed by atoms with E-state index in [-0.39, 0.29) is 18.3 Å². The van der Waals surface area contributed by atoms with Crippen LogP contribution >= 0.6 is 0 Å². The number of hydrogen-bond donors (Lipinski definition) is 1. The second kappa shape index (κ2) is 3.73. The summed E-state index contributed by atoms with van der Waals surface area (Å²) in [5.41, 5.74) is 0. The third kappa shape index (κ3) is 1.97. The van der Waals surface area contributed by atoms with Crippen molar-refractivity contribution in [2.75, 3.05) is 14.1 Å². The summed E-state index contributed by atoms with van der Waals surface area (Å²) in [5.74, 6) is 0. The van der Waals surface area contributed by atoms with Crippen LogP contribution in [-0.2, 0) is 4.74 Å². The van der Waals surface area contributed by atoms with E-state index in [0.717, 1.165) is 6.42 Å². The maximum atomic E-state index is 9.56. The minimum atomic E-state index is -0.311. The molecule has 1 rings (SSSR count). The lowest BCUT2D eigenvalue weighted by atomic mass is 9.97. The first kappa shape index (κ1) is 9.96. The molecule has 12 heavy (non-hydrogen) atoms. The third-order valence-electron chi connectivity index (χ3n) is 2.66. The van der Waals surface area contributed by atoms with Gasteiger partial charge in [0.05, 0.1) is 18.3 Å². The Labute approximate surface area is 74.3 Å². The van der Waals surface area contributed by atoms with Gasteiger partial charge in [-0.15, -0.1) is 0 Å². The van der Waals surface area contributed by atoms with Crippen LogP contribution in [0.3, 0.4) is 0 Å². The molecule has 0 aromatic rings. The van der Waals surface area contributed by atoms with Crippen molar-refractivity contribution in [3.8, 4) is 0 Å². The van der Waals surface area contributed by atoms with Crippen molar-refractivity contribution in [1.82, 2.24) is 4.90 Å². The second-order valence-corrected chi connectivity index (χ2v) is 3.88. The minimum Gasteiger partial charge on any atom is -0.390 e. The minimum absolute atomic E-state index is 0.0174. The van der Waals surface area contributed by atoms with Crippen LogP contribution in [0.25, 0.3) is 0 Å².